The van der Waals surface area contributed by atoms with Gasteiger partial charge in [-0.2, -0.15) is 29.9 Å². The molecule has 68 heavy (non-hydrogen) atoms. The second-order valence-corrected chi connectivity index (χ2v) is 27.0. The smallest absolute Gasteiger partial charge is 0.231 e. The van der Waals surface area contributed by atoms with Gasteiger partial charge in [0.05, 0.1) is 0 Å². The average molecular weight is 947 g/mol. The van der Waals surface area contributed by atoms with Gasteiger partial charge < -0.3 is 51.5 Å². The number of hydrogen-bond acceptors (Lipinski definition) is 16. The third kappa shape index (κ3) is 14.6. The molecule has 6 N–H and O–H groups in total. The van der Waals surface area contributed by atoms with Crippen LogP contribution in [0.2, 0.25) is 0 Å². The predicted molar refractivity (Wildman–Crippen MR) is 286 cm³/mol. The van der Waals surface area contributed by atoms with E-state index in [1.807, 2.05) is 0 Å². The number of nitrogens with one attached hydrogen (secondary N) is 6. The number of hydrogen-bond donors (Lipinski definition) is 6. The van der Waals surface area contributed by atoms with E-state index in [2.05, 4.69) is 190 Å². The van der Waals surface area contributed by atoms with Gasteiger partial charge in [-0.15, -0.1) is 0 Å². The van der Waals surface area contributed by atoms with E-state index in [0.29, 0.717) is 36.1 Å². The van der Waals surface area contributed by atoms with Gasteiger partial charge in [0.1, 0.15) is 0 Å². The Morgan fingerprint density at radius 2 is 0.529 bits per heavy atom. The van der Waals surface area contributed by atoms with E-state index in [1.54, 1.807) is 0 Å². The van der Waals surface area contributed by atoms with Crippen LogP contribution in [0.4, 0.5) is 35.7 Å². The minimum absolute atomic E-state index is 0.00468. The Hall–Kier alpha value is -3.34. The molecule has 0 bridgehead atoms. The Bertz CT molecular complexity index is 1680. The summed E-state index contributed by atoms with van der Waals surface area (Å²) < 4.78 is 0. The molecule has 0 saturated carbocycles. The molecular weight excluding hydrogens is 849 g/mol. The van der Waals surface area contributed by atoms with Crippen LogP contribution in [-0.4, -0.2) is 140 Å². The fourth-order valence-electron chi connectivity index (χ4n) is 13.3. The van der Waals surface area contributed by atoms with Crippen LogP contribution in [0.25, 0.3) is 0 Å². The molecule has 0 spiro atoms. The number of anilines is 6. The van der Waals surface area contributed by atoms with Crippen LogP contribution < -0.4 is 51.5 Å². The first kappa shape index (κ1) is 54.0. The topological polar surface area (TPSA) is 162 Å². The summed E-state index contributed by atoms with van der Waals surface area (Å²) in [4.78, 5) is 39.9. The van der Waals surface area contributed by atoms with E-state index in [1.165, 1.54) is 0 Å². The Kier molecular flexibility index (Phi) is 15.6. The Labute approximate surface area is 413 Å². The second-order valence-electron chi connectivity index (χ2n) is 27.0. The van der Waals surface area contributed by atoms with E-state index in [-0.39, 0.29) is 44.3 Å². The Balaban J connectivity index is 1.11. The zero-order valence-corrected chi connectivity index (χ0v) is 46.7. The molecule has 0 atom stereocenters. The van der Waals surface area contributed by atoms with Crippen LogP contribution in [0.3, 0.4) is 0 Å². The van der Waals surface area contributed by atoms with Gasteiger partial charge in [0.2, 0.25) is 35.7 Å². The Morgan fingerprint density at radius 1 is 0.338 bits per heavy atom. The van der Waals surface area contributed by atoms with Crippen molar-refractivity contribution in [2.45, 2.75) is 256 Å². The molecule has 0 aliphatic carbocycles. The minimum atomic E-state index is 0.00468. The molecule has 6 rings (SSSR count). The molecule has 6 heterocycles. The normalized spacial score (nSPS) is 24.2. The molecule has 0 aromatic carbocycles. The van der Waals surface area contributed by atoms with Gasteiger partial charge in [-0.3, -0.25) is 0 Å². The molecule has 0 unspecified atom stereocenters. The van der Waals surface area contributed by atoms with Gasteiger partial charge in [-0.25, -0.2) is 0 Å². The van der Waals surface area contributed by atoms with Gasteiger partial charge in [-0.05, 0) is 175 Å². The monoisotopic (exact) mass is 947 g/mol. The van der Waals surface area contributed by atoms with E-state index in [9.17, 15) is 0 Å². The van der Waals surface area contributed by atoms with Crippen molar-refractivity contribution in [1.29, 1.82) is 0 Å². The first-order valence-corrected chi connectivity index (χ1v) is 26.2. The van der Waals surface area contributed by atoms with Crippen LogP contribution >= 0.6 is 0 Å². The molecule has 0 amide bonds. The quantitative estimate of drug-likeness (QED) is 0.0843. The van der Waals surface area contributed by atoms with E-state index >= 15 is 0 Å². The third-order valence-electron chi connectivity index (χ3n) is 15.0. The molecule has 16 nitrogen and oxygen atoms in total. The highest BCUT2D eigenvalue weighted by Crippen LogP contribution is 2.37. The maximum atomic E-state index is 5.20. The van der Waals surface area contributed by atoms with Crippen molar-refractivity contribution in [2.75, 3.05) is 71.5 Å². The highest BCUT2D eigenvalue weighted by molar-refractivity contribution is 5.48. The predicted octanol–water partition coefficient (Wildman–Crippen LogP) is 8.12. The van der Waals surface area contributed by atoms with Crippen LogP contribution in [0.15, 0.2) is 0 Å². The molecule has 4 fully saturated rings. The number of nitrogens with zero attached hydrogens (tertiary/aromatic N) is 10. The van der Waals surface area contributed by atoms with Gasteiger partial charge in [0, 0.05) is 110 Å². The van der Waals surface area contributed by atoms with Gasteiger partial charge in [0.15, 0.2) is 0 Å². The molecule has 4 saturated heterocycles. The maximum absolute atomic E-state index is 5.20. The average Bonchev–Trinajstić information content (AvgIpc) is 3.15. The summed E-state index contributed by atoms with van der Waals surface area (Å²) in [6.45, 7) is 38.4. The molecular formula is C52H98N16. The fraction of sp³-hybridized carbons (Fsp3) is 0.885. The van der Waals surface area contributed by atoms with Crippen molar-refractivity contribution < 1.29 is 0 Å². The summed E-state index contributed by atoms with van der Waals surface area (Å²) in [5.74, 6) is 4.22. The maximum Gasteiger partial charge on any atom is 0.231 e. The van der Waals surface area contributed by atoms with Gasteiger partial charge in [-0.1, -0.05) is 12.8 Å². The Morgan fingerprint density at radius 3 is 0.721 bits per heavy atom. The molecule has 386 valence electrons. The standard InChI is InChI=1S/C52H98N16/c1-45(2)27-35(28-46(3,4)61-45)65(17)41-55-39(56-42(59-41)66(18)36-29-47(5,6)62-48(7,8)30-36)53-25-23-21-22-24-26-54-40-57-43(67(19)37-31-49(9,10)63-50(11,12)32-37)60-44(58-40)68(20)38-33-51(13,14)64-52(15,16)34-38/h35-38,61-64H,21-34H2,1-20H3,(H,53,55,56,59)(H,54,57,58,60). The number of aromatic nitrogens is 6. The summed E-state index contributed by atoms with van der Waals surface area (Å²) in [6.07, 6.45) is 12.2. The number of piperidine rings is 4. The lowest BCUT2D eigenvalue weighted by Crippen LogP contribution is -2.62. The largest absolute Gasteiger partial charge is 0.354 e. The summed E-state index contributed by atoms with van der Waals surface area (Å²) in [7, 11) is 8.65. The molecule has 4 aliphatic rings. The van der Waals surface area contributed by atoms with E-state index < -0.39 is 0 Å². The highest BCUT2D eigenvalue weighted by Gasteiger charge is 2.44. The van der Waals surface area contributed by atoms with Crippen molar-refractivity contribution in [3.05, 3.63) is 0 Å². The lowest BCUT2D eigenvalue weighted by molar-refractivity contribution is 0.159. The van der Waals surface area contributed by atoms with Crippen molar-refractivity contribution >= 4 is 35.7 Å². The summed E-state index contributed by atoms with van der Waals surface area (Å²) in [5, 5.41) is 22.6. The molecule has 2 aromatic rings. The first-order valence-electron chi connectivity index (χ1n) is 26.2. The van der Waals surface area contributed by atoms with Crippen molar-refractivity contribution in [1.82, 2.24) is 51.2 Å². The summed E-state index contributed by atoms with van der Waals surface area (Å²) in [6, 6.07) is 1.17. The third-order valence-corrected chi connectivity index (χ3v) is 15.0. The number of rotatable bonds is 17. The first-order chi connectivity index (χ1) is 31.1. The van der Waals surface area contributed by atoms with Gasteiger partial charge in [0.25, 0.3) is 0 Å². The highest BCUT2D eigenvalue weighted by atomic mass is 15.4. The zero-order chi connectivity index (χ0) is 50.5. The lowest BCUT2D eigenvalue weighted by atomic mass is 9.79. The summed E-state index contributed by atoms with van der Waals surface area (Å²) >= 11 is 0. The molecule has 4 aliphatic heterocycles. The molecule has 2 aromatic heterocycles. The number of unbranched alkanes of at least 4 members (excludes halogenated alkanes) is 3. The molecule has 0 radical (unpaired) electrons. The van der Waals surface area contributed by atoms with Crippen molar-refractivity contribution in [2.24, 2.45) is 0 Å². The van der Waals surface area contributed by atoms with Gasteiger partial charge >= 0.3 is 0 Å². The minimum Gasteiger partial charge on any atom is -0.354 e. The SMILES string of the molecule is CN(c1nc(NCCCCCCNc2nc(N(C)C3CC(C)(C)NC(C)(C)C3)nc(N(C)C3CC(C)(C)NC(C)(C)C3)n2)nc(N(C)C2CC(C)(C)NC(C)(C)C2)n1)C1CC(C)(C)NC(C)(C)C1. The second kappa shape index (κ2) is 19.7. The van der Waals surface area contributed by atoms with Crippen molar-refractivity contribution in [3.8, 4) is 0 Å². The summed E-state index contributed by atoms with van der Waals surface area (Å²) in [5.41, 5.74) is 0.0375. The van der Waals surface area contributed by atoms with Crippen LogP contribution in [-0.2, 0) is 0 Å². The van der Waals surface area contributed by atoms with Crippen LogP contribution in [0, 0.1) is 0 Å². The van der Waals surface area contributed by atoms with Crippen molar-refractivity contribution in [3.63, 3.8) is 0 Å². The fourth-order valence-corrected chi connectivity index (χ4v) is 13.3. The molecule has 16 heteroatoms. The van der Waals surface area contributed by atoms with E-state index in [0.717, 1.165) is 114 Å². The zero-order valence-electron chi connectivity index (χ0n) is 46.7. The van der Waals surface area contributed by atoms with Crippen LogP contribution in [0.5, 0.6) is 0 Å². The lowest BCUT2D eigenvalue weighted by Gasteiger charge is -2.49. The van der Waals surface area contributed by atoms with E-state index in [4.69, 9.17) is 29.9 Å². The van der Waals surface area contributed by atoms with Crippen LogP contribution in [0.1, 0.15) is 188 Å².